The Labute approximate surface area is 434 Å². The molecule has 8 nitrogen and oxygen atoms in total. The summed E-state index contributed by atoms with van der Waals surface area (Å²) >= 11 is 68.0. The molecule has 282 valence electrons. The molecule has 8 heterocycles. The van der Waals surface area contributed by atoms with E-state index in [1.807, 2.05) is 0 Å². The Kier molecular flexibility index (Phi) is 8.70. The van der Waals surface area contributed by atoms with Crippen LogP contribution in [-0.2, 0) is 5.91 Å². The number of hydrogen-bond acceptors (Lipinski definition) is 4. The van der Waals surface area contributed by atoms with E-state index in [2.05, 4.69) is 216 Å². The molecule has 57 heavy (non-hydrogen) atoms. The average Bonchev–Trinajstić information content (AvgIpc) is 3.92. The van der Waals surface area contributed by atoms with E-state index in [1.165, 1.54) is 0 Å². The summed E-state index contributed by atoms with van der Waals surface area (Å²) < 4.78 is 17.3. The molecule has 1 atom stereocenters. The second kappa shape index (κ2) is 12.6. The van der Waals surface area contributed by atoms with Crippen LogP contribution in [0.15, 0.2) is 73.6 Å². The fourth-order valence-corrected chi connectivity index (χ4v) is 16.9. The van der Waals surface area contributed by atoms with Crippen molar-refractivity contribution < 1.29 is 9.15 Å². The molecule has 6 aliphatic heterocycles. The van der Waals surface area contributed by atoms with Crippen LogP contribution in [0, 0.1) is 6.92 Å². The number of halogens is 15. The summed E-state index contributed by atoms with van der Waals surface area (Å²) in [6, 6.07) is 0. The minimum atomic E-state index is -1.39. The summed E-state index contributed by atoms with van der Waals surface area (Å²) in [5.74, 6) is 2.24. The minimum Gasteiger partial charge on any atom is -0.192 e. The SMILES string of the molecule is Cc1c(Br)c(Br)c2c3n4c(c2c1Br)=NC1=[N+]2C(=Nc5c6c(Br)c(Br)c(Cl)c(Br)c6c6n5C42[N+]2=C(N=3)c3c(Br)c(Cl)c(Br)c(Br)c3C2=N6)c2c(Br)c(Cl)c(Br)c(Br)c21. The van der Waals surface area contributed by atoms with Crippen molar-refractivity contribution in [1.82, 2.24) is 9.13 Å². The molecule has 4 aromatic carbocycles. The number of amidine groups is 4. The van der Waals surface area contributed by atoms with Crippen molar-refractivity contribution in [3.63, 3.8) is 0 Å². The van der Waals surface area contributed by atoms with Crippen molar-refractivity contribution in [3.05, 3.63) is 108 Å². The molecule has 0 bridgehead atoms. The Bertz CT molecular complexity index is 3320. The van der Waals surface area contributed by atoms with Gasteiger partial charge in [-0.05, 0) is 204 Å². The van der Waals surface area contributed by atoms with E-state index in [0.29, 0.717) is 96.8 Å². The minimum absolute atomic E-state index is 0.471. The van der Waals surface area contributed by atoms with Crippen molar-refractivity contribution in [2.45, 2.75) is 12.8 Å². The van der Waals surface area contributed by atoms with Gasteiger partial charge in [0, 0.05) is 26.8 Å². The highest BCUT2D eigenvalue weighted by atomic mass is 79.9. The van der Waals surface area contributed by atoms with Crippen LogP contribution >= 0.6 is 226 Å². The number of nitrogens with zero attached hydrogens (tertiary/aromatic N) is 8. The third-order valence-electron chi connectivity index (χ3n) is 10.9. The molecule has 0 amide bonds. The van der Waals surface area contributed by atoms with Gasteiger partial charge in [0.1, 0.15) is 0 Å². The summed E-state index contributed by atoms with van der Waals surface area (Å²) in [6.45, 7) is 2.05. The first kappa shape index (κ1) is 39.5. The lowest BCUT2D eigenvalue weighted by Crippen LogP contribution is -2.71. The van der Waals surface area contributed by atoms with E-state index in [0.717, 1.165) is 67.3 Å². The highest BCUT2D eigenvalue weighted by molar-refractivity contribution is 9.14. The van der Waals surface area contributed by atoms with Gasteiger partial charge in [-0.3, -0.25) is 0 Å². The zero-order valence-electron chi connectivity index (χ0n) is 26.7. The van der Waals surface area contributed by atoms with Crippen LogP contribution in [0.1, 0.15) is 27.8 Å². The maximum absolute atomic E-state index is 7.09. The molecule has 0 radical (unpaired) electrons. The number of benzene rings is 4. The first-order valence-corrected chi connectivity index (χ1v) is 26.5. The lowest BCUT2D eigenvalue weighted by Gasteiger charge is -2.40. The van der Waals surface area contributed by atoms with Gasteiger partial charge >= 0.3 is 5.91 Å². The zero-order valence-corrected chi connectivity index (χ0v) is 48.0. The lowest BCUT2D eigenvalue weighted by atomic mass is 10.1. The number of rotatable bonds is 0. The first-order chi connectivity index (χ1) is 27.0. The Morgan fingerprint density at radius 1 is 0.421 bits per heavy atom. The highest BCUT2D eigenvalue weighted by Crippen LogP contribution is 2.60. The van der Waals surface area contributed by atoms with E-state index in [1.54, 1.807) is 0 Å². The van der Waals surface area contributed by atoms with Crippen LogP contribution in [0.5, 0.6) is 0 Å². The van der Waals surface area contributed by atoms with Crippen LogP contribution < -0.4 is 11.0 Å². The first-order valence-electron chi connectivity index (χ1n) is 15.8. The van der Waals surface area contributed by atoms with Gasteiger partial charge < -0.3 is 0 Å². The highest BCUT2D eigenvalue weighted by Gasteiger charge is 2.71. The summed E-state index contributed by atoms with van der Waals surface area (Å²) in [4.78, 5) is 22.4. The van der Waals surface area contributed by atoms with E-state index >= 15 is 0 Å². The van der Waals surface area contributed by atoms with Gasteiger partial charge in [-0.15, -0.1) is 9.15 Å². The molecule has 0 saturated heterocycles. The number of hydrogen-bond donors (Lipinski definition) is 0. The second-order valence-corrected chi connectivity index (χ2v) is 24.0. The van der Waals surface area contributed by atoms with Gasteiger partial charge in [-0.25, -0.2) is 0 Å². The fourth-order valence-electron chi connectivity index (χ4n) is 8.63. The molecule has 1 spiro atoms. The molecule has 1 unspecified atom stereocenters. The van der Waals surface area contributed by atoms with Gasteiger partial charge in [0.05, 0.1) is 85.7 Å². The van der Waals surface area contributed by atoms with Gasteiger partial charge in [-0.1, -0.05) is 54.8 Å². The molecule has 0 fully saturated rings. The lowest BCUT2D eigenvalue weighted by molar-refractivity contribution is -0.790. The van der Waals surface area contributed by atoms with Crippen molar-refractivity contribution in [2.75, 3.05) is 0 Å². The van der Waals surface area contributed by atoms with Gasteiger partial charge in [-0.2, -0.15) is 9.13 Å². The quantitative estimate of drug-likeness (QED) is 0.0826. The van der Waals surface area contributed by atoms with Crippen LogP contribution in [-0.4, -0.2) is 41.6 Å². The average molecular weight is 1590 g/mol. The molecule has 0 N–H and O–H groups in total. The molecular formula is C34H3Br12Cl3N8+2. The zero-order chi connectivity index (χ0) is 40.1. The Morgan fingerprint density at radius 3 is 1.39 bits per heavy atom. The van der Waals surface area contributed by atoms with E-state index < -0.39 is 5.91 Å². The van der Waals surface area contributed by atoms with Crippen molar-refractivity contribution in [2.24, 2.45) is 20.0 Å². The van der Waals surface area contributed by atoms with Gasteiger partial charge in [0.15, 0.2) is 0 Å². The standard InChI is InChI=1S/C34H3Br12Cl3N8/c1-2-11(35)3-4(13(37)12(2)36)27-51-31-9-6(15(39)21(45)24(48)18(9)42)29-53-33-10-7(16(40)22(46)25(49)19(10)43)30-52-32-8-5(14(38)20(44)23(47)17(8)41)28-50-26(3)54(27)34(55(28)32,56(29)31)57(30)33/h1H3/q+2. The van der Waals surface area contributed by atoms with Crippen LogP contribution in [0.25, 0.3) is 21.5 Å². The largest absolute Gasteiger partial charge is 0.404 e. The smallest absolute Gasteiger partial charge is 0.192 e. The predicted octanol–water partition coefficient (Wildman–Crippen LogP) is 15.1. The van der Waals surface area contributed by atoms with Crippen LogP contribution in [0.2, 0.25) is 15.1 Å². The molecule has 0 saturated carbocycles. The van der Waals surface area contributed by atoms with E-state index in [4.69, 9.17) is 54.8 Å². The monoisotopic (exact) mass is 1570 g/mol. The van der Waals surface area contributed by atoms with Gasteiger partial charge in [0.25, 0.3) is 23.3 Å². The molecular weight excluding hydrogens is 1590 g/mol. The maximum Gasteiger partial charge on any atom is 0.404 e. The summed E-state index contributed by atoms with van der Waals surface area (Å²) in [6.07, 6.45) is 0. The molecule has 23 heteroatoms. The third-order valence-corrected chi connectivity index (χ3v) is 25.4. The summed E-state index contributed by atoms with van der Waals surface area (Å²) in [5, 5.41) is 4.64. The van der Waals surface area contributed by atoms with Gasteiger partial charge in [0.2, 0.25) is 22.6 Å². The Morgan fingerprint density at radius 2 is 0.825 bits per heavy atom. The second-order valence-electron chi connectivity index (χ2n) is 13.3. The topological polar surface area (TPSA) is 65.3 Å². The molecule has 2 aromatic heterocycles. The third kappa shape index (κ3) is 4.24. The Hall–Kier alpha value is 0.870. The fraction of sp³-hybridized carbons (Fsp3) is 0.0588. The van der Waals surface area contributed by atoms with Crippen molar-refractivity contribution in [1.29, 1.82) is 0 Å². The van der Waals surface area contributed by atoms with Crippen LogP contribution in [0.3, 0.4) is 0 Å². The van der Waals surface area contributed by atoms with E-state index in [9.17, 15) is 0 Å². The molecule has 0 aliphatic carbocycles. The van der Waals surface area contributed by atoms with E-state index in [-0.39, 0.29) is 0 Å². The summed E-state index contributed by atoms with van der Waals surface area (Å²) in [7, 11) is 0. The number of fused-ring (bicyclic) bond motifs is 12. The van der Waals surface area contributed by atoms with Crippen molar-refractivity contribution in [3.8, 4) is 0 Å². The Balaban J connectivity index is 1.47. The summed E-state index contributed by atoms with van der Waals surface area (Å²) in [5.41, 5.74) is 5.35. The van der Waals surface area contributed by atoms with Crippen molar-refractivity contribution >= 4 is 282 Å². The number of aliphatic imine (C=N–C) groups is 2. The normalized spacial score (nSPS) is 18.6. The molecule has 6 aliphatic rings. The maximum atomic E-state index is 7.09. The van der Waals surface area contributed by atoms with Crippen LogP contribution in [0.4, 0.5) is 11.6 Å². The number of aromatic nitrogens is 2. The molecule has 6 aromatic rings. The molecule has 12 rings (SSSR count). The predicted molar refractivity (Wildman–Crippen MR) is 266 cm³/mol.